The molecule has 0 bridgehead atoms. The molecule has 3 rings (SSSR count). The van der Waals surface area contributed by atoms with Gasteiger partial charge in [-0.2, -0.15) is 9.40 Å². The van der Waals surface area contributed by atoms with Gasteiger partial charge in [0.1, 0.15) is 5.69 Å². The summed E-state index contributed by atoms with van der Waals surface area (Å²) in [4.78, 5) is 14.3. The van der Waals surface area contributed by atoms with Crippen LogP contribution in [0, 0.1) is 20.8 Å². The number of nitrogens with zero attached hydrogens (tertiary/aromatic N) is 3. The summed E-state index contributed by atoms with van der Waals surface area (Å²) in [5.41, 5.74) is 3.19. The zero-order valence-corrected chi connectivity index (χ0v) is 15.4. The van der Waals surface area contributed by atoms with E-state index in [1.54, 1.807) is 23.1 Å². The Kier molecular flexibility index (Phi) is 4.66. The van der Waals surface area contributed by atoms with Crippen LogP contribution in [0.3, 0.4) is 0 Å². The number of hydrogen-bond donors (Lipinski definition) is 1. The van der Waals surface area contributed by atoms with Gasteiger partial charge in [-0.1, -0.05) is 6.07 Å². The van der Waals surface area contributed by atoms with E-state index in [0.29, 0.717) is 23.7 Å². The van der Waals surface area contributed by atoms with Crippen LogP contribution in [0.15, 0.2) is 29.2 Å². The number of carbonyl (C=O) groups is 1. The van der Waals surface area contributed by atoms with Crippen molar-refractivity contribution in [1.29, 1.82) is 0 Å². The average molecular weight is 362 g/mol. The van der Waals surface area contributed by atoms with E-state index < -0.39 is 10.0 Å². The number of amides is 1. The monoisotopic (exact) mass is 362 g/mol. The van der Waals surface area contributed by atoms with Gasteiger partial charge in [0.05, 0.1) is 4.90 Å². The van der Waals surface area contributed by atoms with E-state index in [0.717, 1.165) is 16.8 Å². The van der Waals surface area contributed by atoms with E-state index in [1.165, 1.54) is 4.31 Å². The summed E-state index contributed by atoms with van der Waals surface area (Å²) >= 11 is 0. The maximum absolute atomic E-state index is 12.8. The zero-order valence-electron chi connectivity index (χ0n) is 14.6. The van der Waals surface area contributed by atoms with Gasteiger partial charge in [-0.15, -0.1) is 0 Å². The fourth-order valence-corrected chi connectivity index (χ4v) is 4.35. The Balaban J connectivity index is 1.71. The number of sulfonamides is 1. The first-order valence-electron chi connectivity index (χ1n) is 8.18. The van der Waals surface area contributed by atoms with Crippen molar-refractivity contribution in [2.45, 2.75) is 25.7 Å². The van der Waals surface area contributed by atoms with Gasteiger partial charge in [0.25, 0.3) is 5.91 Å². The Morgan fingerprint density at radius 1 is 1.04 bits per heavy atom. The lowest BCUT2D eigenvalue weighted by Gasteiger charge is -2.33. The first-order chi connectivity index (χ1) is 11.8. The van der Waals surface area contributed by atoms with E-state index in [2.05, 4.69) is 10.2 Å². The van der Waals surface area contributed by atoms with Gasteiger partial charge < -0.3 is 4.90 Å². The van der Waals surface area contributed by atoms with Crippen LogP contribution in [-0.2, 0) is 10.0 Å². The molecule has 1 aliphatic heterocycles. The largest absolute Gasteiger partial charge is 0.335 e. The summed E-state index contributed by atoms with van der Waals surface area (Å²) in [5, 5.41) is 6.73. The molecule has 1 aromatic carbocycles. The minimum Gasteiger partial charge on any atom is -0.335 e. The van der Waals surface area contributed by atoms with E-state index in [9.17, 15) is 13.2 Å². The van der Waals surface area contributed by atoms with Gasteiger partial charge in [0, 0.05) is 31.9 Å². The number of aromatic nitrogens is 2. The van der Waals surface area contributed by atoms with E-state index in [-0.39, 0.29) is 19.0 Å². The predicted octanol–water partition coefficient (Wildman–Crippen LogP) is 1.48. The van der Waals surface area contributed by atoms with E-state index in [1.807, 2.05) is 26.8 Å². The lowest BCUT2D eigenvalue weighted by atomic mass is 10.1. The first-order valence-corrected chi connectivity index (χ1v) is 9.62. The quantitative estimate of drug-likeness (QED) is 0.896. The second-order valence-corrected chi connectivity index (χ2v) is 8.32. The summed E-state index contributed by atoms with van der Waals surface area (Å²) in [7, 11) is -3.54. The molecule has 2 aromatic rings. The number of rotatable bonds is 3. The number of hydrogen-bond acceptors (Lipinski definition) is 4. The Hall–Kier alpha value is -2.19. The number of aromatic amines is 1. The Morgan fingerprint density at radius 2 is 1.72 bits per heavy atom. The number of piperazine rings is 1. The topological polar surface area (TPSA) is 86.4 Å². The third kappa shape index (κ3) is 3.45. The molecule has 0 spiro atoms. The van der Waals surface area contributed by atoms with Crippen molar-refractivity contribution in [1.82, 2.24) is 19.4 Å². The van der Waals surface area contributed by atoms with Crippen molar-refractivity contribution in [2.75, 3.05) is 26.2 Å². The molecule has 0 unspecified atom stereocenters. The van der Waals surface area contributed by atoms with Gasteiger partial charge >= 0.3 is 0 Å². The van der Waals surface area contributed by atoms with Crippen molar-refractivity contribution in [2.24, 2.45) is 0 Å². The molecule has 2 heterocycles. The Labute approximate surface area is 147 Å². The van der Waals surface area contributed by atoms with Gasteiger partial charge in [0.2, 0.25) is 10.0 Å². The second-order valence-electron chi connectivity index (χ2n) is 6.38. The molecule has 7 nitrogen and oxygen atoms in total. The third-order valence-corrected chi connectivity index (χ3v) is 6.46. The van der Waals surface area contributed by atoms with Crippen LogP contribution >= 0.6 is 0 Å². The number of carbonyl (C=O) groups excluding carboxylic acids is 1. The molecule has 1 N–H and O–H groups in total. The fourth-order valence-electron chi connectivity index (χ4n) is 2.84. The van der Waals surface area contributed by atoms with Crippen LogP contribution in [0.5, 0.6) is 0 Å². The molecular weight excluding hydrogens is 340 g/mol. The number of benzene rings is 1. The molecule has 0 radical (unpaired) electrons. The highest BCUT2D eigenvalue weighted by Crippen LogP contribution is 2.21. The molecule has 0 aliphatic carbocycles. The molecule has 0 saturated carbocycles. The van der Waals surface area contributed by atoms with Crippen molar-refractivity contribution in [3.8, 4) is 0 Å². The molecular formula is C17H22N4O3S. The first kappa shape index (κ1) is 17.6. The fraction of sp³-hybridized carbons (Fsp3) is 0.412. The SMILES string of the molecule is Cc1cc(C(=O)N2CCN(S(=O)(=O)c3ccc(C)c(C)c3)CC2)n[nH]1. The van der Waals surface area contributed by atoms with Crippen LogP contribution in [0.1, 0.15) is 27.3 Å². The summed E-state index contributed by atoms with van der Waals surface area (Å²) < 4.78 is 27.1. The highest BCUT2D eigenvalue weighted by atomic mass is 32.2. The Morgan fingerprint density at radius 3 is 2.28 bits per heavy atom. The van der Waals surface area contributed by atoms with Crippen LogP contribution in [0.25, 0.3) is 0 Å². The number of nitrogens with one attached hydrogen (secondary N) is 1. The lowest BCUT2D eigenvalue weighted by molar-refractivity contribution is 0.0692. The second kappa shape index (κ2) is 6.61. The van der Waals surface area contributed by atoms with E-state index >= 15 is 0 Å². The normalized spacial score (nSPS) is 16.2. The number of H-pyrrole nitrogens is 1. The van der Waals surface area contributed by atoms with Crippen molar-refractivity contribution in [3.05, 3.63) is 46.8 Å². The van der Waals surface area contributed by atoms with Crippen LogP contribution in [0.4, 0.5) is 0 Å². The van der Waals surface area contributed by atoms with Gasteiger partial charge in [-0.3, -0.25) is 9.89 Å². The molecule has 1 fully saturated rings. The maximum Gasteiger partial charge on any atom is 0.274 e. The zero-order chi connectivity index (χ0) is 18.2. The summed E-state index contributed by atoms with van der Waals surface area (Å²) in [5.74, 6) is -0.174. The molecule has 1 amide bonds. The van der Waals surface area contributed by atoms with Crippen molar-refractivity contribution >= 4 is 15.9 Å². The summed E-state index contributed by atoms with van der Waals surface area (Å²) in [6, 6.07) is 6.86. The molecule has 1 aromatic heterocycles. The van der Waals surface area contributed by atoms with Crippen molar-refractivity contribution in [3.63, 3.8) is 0 Å². The van der Waals surface area contributed by atoms with Crippen LogP contribution in [-0.4, -0.2) is 59.9 Å². The van der Waals surface area contributed by atoms with E-state index in [4.69, 9.17) is 0 Å². The molecule has 0 atom stereocenters. The molecule has 134 valence electrons. The lowest BCUT2D eigenvalue weighted by Crippen LogP contribution is -2.50. The molecule has 1 saturated heterocycles. The van der Waals surface area contributed by atoms with Crippen molar-refractivity contribution < 1.29 is 13.2 Å². The third-order valence-electron chi connectivity index (χ3n) is 4.57. The minimum absolute atomic E-state index is 0.174. The standard InChI is InChI=1S/C17H22N4O3S/c1-12-4-5-15(10-13(12)2)25(23,24)21-8-6-20(7-9-21)17(22)16-11-14(3)18-19-16/h4-5,10-11H,6-9H2,1-3H3,(H,18,19). The highest BCUT2D eigenvalue weighted by Gasteiger charge is 2.31. The van der Waals surface area contributed by atoms with Gasteiger partial charge in [0.15, 0.2) is 0 Å². The number of aryl methyl sites for hydroxylation is 3. The maximum atomic E-state index is 12.8. The molecule has 1 aliphatic rings. The molecule has 8 heteroatoms. The van der Waals surface area contributed by atoms with Crippen LogP contribution in [0.2, 0.25) is 0 Å². The predicted molar refractivity (Wildman–Crippen MR) is 93.9 cm³/mol. The minimum atomic E-state index is -3.54. The van der Waals surface area contributed by atoms with Gasteiger partial charge in [-0.05, 0) is 50.1 Å². The van der Waals surface area contributed by atoms with Gasteiger partial charge in [-0.25, -0.2) is 8.42 Å². The smallest absolute Gasteiger partial charge is 0.274 e. The molecule has 25 heavy (non-hydrogen) atoms. The Bertz CT molecular complexity index is 896. The summed E-state index contributed by atoms with van der Waals surface area (Å²) in [6.45, 7) is 6.96. The van der Waals surface area contributed by atoms with Crippen LogP contribution < -0.4 is 0 Å². The average Bonchev–Trinajstić information content (AvgIpc) is 3.03. The highest BCUT2D eigenvalue weighted by molar-refractivity contribution is 7.89. The summed E-state index contributed by atoms with van der Waals surface area (Å²) in [6.07, 6.45) is 0.